The average Bonchev–Trinajstić information content (AvgIpc) is 2.79. The molecular weight excluding hydrogens is 481 g/mol. The molecular formula is C23H25F3N6O2S. The number of hydrogen-bond acceptors (Lipinski definition) is 8. The van der Waals surface area contributed by atoms with Crippen LogP contribution in [0.15, 0.2) is 63.4 Å². The molecule has 1 aliphatic heterocycles. The summed E-state index contributed by atoms with van der Waals surface area (Å²) in [6.07, 6.45) is 0.114. The Morgan fingerprint density at radius 1 is 1.06 bits per heavy atom. The Balaban J connectivity index is 1.35. The topological polar surface area (TPSA) is 118 Å². The third kappa shape index (κ3) is 6.18. The lowest BCUT2D eigenvalue weighted by atomic mass is 9.87. The van der Waals surface area contributed by atoms with Gasteiger partial charge < -0.3 is 21.5 Å². The van der Waals surface area contributed by atoms with Crippen LogP contribution < -0.4 is 26.4 Å². The van der Waals surface area contributed by atoms with Crippen LogP contribution >= 0.6 is 11.8 Å². The lowest BCUT2D eigenvalue weighted by molar-refractivity contribution is -0.274. The van der Waals surface area contributed by atoms with Crippen molar-refractivity contribution in [1.29, 1.82) is 0 Å². The molecule has 0 atom stereocenters. The molecule has 1 saturated carbocycles. The summed E-state index contributed by atoms with van der Waals surface area (Å²) in [6, 6.07) is 12.6. The smallest absolute Gasteiger partial charge is 0.406 e. The quantitative estimate of drug-likeness (QED) is 0.499. The number of aliphatic imine (C=N–C) groups is 2. The SMILES string of the molecule is NC1=NC2(CCCCC2)N(c2ccc(SCC(=O)Nc3ccc(OC(F)(F)F)cc3)cc2)C(N)=N1. The fraction of sp³-hybridized carbons (Fsp3) is 0.348. The predicted octanol–water partition coefficient (Wildman–Crippen LogP) is 4.43. The molecule has 2 aromatic carbocycles. The summed E-state index contributed by atoms with van der Waals surface area (Å²) in [5, 5.41) is 2.65. The molecule has 5 N–H and O–H groups in total. The van der Waals surface area contributed by atoms with Crippen molar-refractivity contribution in [2.75, 3.05) is 16.0 Å². The number of guanidine groups is 2. The van der Waals surface area contributed by atoms with E-state index in [9.17, 15) is 18.0 Å². The highest BCUT2D eigenvalue weighted by molar-refractivity contribution is 8.00. The van der Waals surface area contributed by atoms with Crippen LogP contribution in [0.3, 0.4) is 0 Å². The number of hydrogen-bond donors (Lipinski definition) is 3. The highest BCUT2D eigenvalue weighted by atomic mass is 32.2. The number of anilines is 2. The van der Waals surface area contributed by atoms with Gasteiger partial charge in [-0.15, -0.1) is 24.9 Å². The normalized spacial score (nSPS) is 17.5. The highest BCUT2D eigenvalue weighted by Crippen LogP contribution is 2.39. The number of nitrogens with one attached hydrogen (secondary N) is 1. The van der Waals surface area contributed by atoms with Gasteiger partial charge in [-0.05, 0) is 74.2 Å². The molecule has 1 spiro atoms. The summed E-state index contributed by atoms with van der Waals surface area (Å²) in [6.45, 7) is 0. The molecule has 35 heavy (non-hydrogen) atoms. The molecule has 12 heteroatoms. The van der Waals surface area contributed by atoms with Gasteiger partial charge in [-0.2, -0.15) is 4.99 Å². The van der Waals surface area contributed by atoms with Crippen molar-refractivity contribution in [3.8, 4) is 5.75 Å². The van der Waals surface area contributed by atoms with E-state index in [1.165, 1.54) is 23.9 Å². The van der Waals surface area contributed by atoms with Gasteiger partial charge in [0.15, 0.2) is 0 Å². The van der Waals surface area contributed by atoms with Crippen molar-refractivity contribution in [2.45, 2.75) is 49.0 Å². The van der Waals surface area contributed by atoms with Gasteiger partial charge in [0.2, 0.25) is 17.8 Å². The van der Waals surface area contributed by atoms with Gasteiger partial charge >= 0.3 is 6.36 Å². The number of amides is 1. The lowest BCUT2D eigenvalue weighted by Gasteiger charge is -2.45. The van der Waals surface area contributed by atoms with Gasteiger partial charge in [-0.25, -0.2) is 4.99 Å². The maximum Gasteiger partial charge on any atom is 0.573 e. The molecule has 1 fully saturated rings. The zero-order valence-electron chi connectivity index (χ0n) is 18.7. The second kappa shape index (κ2) is 10.1. The number of benzene rings is 2. The van der Waals surface area contributed by atoms with E-state index in [2.05, 4.69) is 20.0 Å². The minimum absolute atomic E-state index is 0.123. The van der Waals surface area contributed by atoms with Crippen molar-refractivity contribution in [2.24, 2.45) is 21.5 Å². The molecule has 186 valence electrons. The molecule has 2 aromatic rings. The van der Waals surface area contributed by atoms with Crippen molar-refractivity contribution < 1.29 is 22.7 Å². The van der Waals surface area contributed by atoms with E-state index in [1.54, 1.807) is 0 Å². The molecule has 4 rings (SSSR count). The lowest BCUT2D eigenvalue weighted by Crippen LogP contribution is -2.58. The molecule has 1 heterocycles. The van der Waals surface area contributed by atoms with Crippen LogP contribution in [0.1, 0.15) is 32.1 Å². The van der Waals surface area contributed by atoms with Crippen LogP contribution in [0, 0.1) is 0 Å². The Labute approximate surface area is 204 Å². The number of ether oxygens (including phenoxy) is 1. The Morgan fingerprint density at radius 2 is 1.71 bits per heavy atom. The second-order valence-electron chi connectivity index (χ2n) is 8.22. The number of rotatable bonds is 6. The van der Waals surface area contributed by atoms with Crippen LogP contribution in [-0.4, -0.2) is 35.6 Å². The van der Waals surface area contributed by atoms with E-state index in [0.29, 0.717) is 11.6 Å². The van der Waals surface area contributed by atoms with E-state index in [-0.39, 0.29) is 23.4 Å². The fourth-order valence-electron chi connectivity index (χ4n) is 4.27. The first-order chi connectivity index (χ1) is 16.6. The Kier molecular flexibility index (Phi) is 7.10. The zero-order valence-corrected chi connectivity index (χ0v) is 19.5. The van der Waals surface area contributed by atoms with Gasteiger partial charge in [0.05, 0.1) is 5.75 Å². The number of alkyl halides is 3. The molecule has 0 aromatic heterocycles. The van der Waals surface area contributed by atoms with Crippen molar-refractivity contribution in [1.82, 2.24) is 0 Å². The molecule has 1 amide bonds. The largest absolute Gasteiger partial charge is 0.573 e. The molecule has 0 saturated heterocycles. The van der Waals surface area contributed by atoms with Gasteiger partial charge in [-0.3, -0.25) is 9.69 Å². The third-order valence-electron chi connectivity index (χ3n) is 5.69. The minimum atomic E-state index is -4.76. The number of carbonyl (C=O) groups is 1. The van der Waals surface area contributed by atoms with Gasteiger partial charge in [-0.1, -0.05) is 6.42 Å². The number of thioether (sulfide) groups is 1. The van der Waals surface area contributed by atoms with Crippen LogP contribution in [0.2, 0.25) is 0 Å². The monoisotopic (exact) mass is 506 g/mol. The molecule has 2 aliphatic rings. The minimum Gasteiger partial charge on any atom is -0.406 e. The summed E-state index contributed by atoms with van der Waals surface area (Å²) in [7, 11) is 0. The van der Waals surface area contributed by atoms with E-state index >= 15 is 0 Å². The molecule has 0 unspecified atom stereocenters. The van der Waals surface area contributed by atoms with E-state index < -0.39 is 12.0 Å². The molecule has 1 aliphatic carbocycles. The maximum atomic E-state index is 12.3. The van der Waals surface area contributed by atoms with Crippen molar-refractivity contribution >= 4 is 41.0 Å². The fourth-order valence-corrected chi connectivity index (χ4v) is 4.97. The van der Waals surface area contributed by atoms with Crippen LogP contribution in [0.25, 0.3) is 0 Å². The number of carbonyl (C=O) groups excluding carboxylic acids is 1. The van der Waals surface area contributed by atoms with Crippen LogP contribution in [0.4, 0.5) is 24.5 Å². The Hall–Kier alpha value is -3.41. The summed E-state index contributed by atoms with van der Waals surface area (Å²) >= 11 is 1.33. The number of nitrogens with zero attached hydrogens (tertiary/aromatic N) is 3. The standard InChI is InChI=1S/C23H25F3N6O2S/c24-23(25,26)34-17-8-4-15(5-9-17)29-19(33)14-35-18-10-6-16(7-11-18)32-21(28)30-20(27)31-22(32)12-2-1-3-13-22/h4-11H,1-3,12-14H2,(H,29,33)(H4,27,28,30,31). The second-order valence-corrected chi connectivity index (χ2v) is 9.27. The highest BCUT2D eigenvalue weighted by Gasteiger charge is 2.42. The van der Waals surface area contributed by atoms with E-state index in [0.717, 1.165) is 54.8 Å². The first-order valence-corrected chi connectivity index (χ1v) is 12.0. The summed E-state index contributed by atoms with van der Waals surface area (Å²) in [5.41, 5.74) is 12.9. The summed E-state index contributed by atoms with van der Waals surface area (Å²) < 4.78 is 40.6. The first-order valence-electron chi connectivity index (χ1n) is 11.0. The van der Waals surface area contributed by atoms with Gasteiger partial charge in [0, 0.05) is 16.3 Å². The van der Waals surface area contributed by atoms with Crippen molar-refractivity contribution in [3.63, 3.8) is 0 Å². The maximum absolute atomic E-state index is 12.3. The van der Waals surface area contributed by atoms with Gasteiger partial charge in [0.25, 0.3) is 0 Å². The molecule has 8 nitrogen and oxygen atoms in total. The number of halogens is 3. The Morgan fingerprint density at radius 3 is 2.34 bits per heavy atom. The summed E-state index contributed by atoms with van der Waals surface area (Å²) in [4.78, 5) is 23.9. The zero-order chi connectivity index (χ0) is 25.1. The molecule has 0 bridgehead atoms. The Bertz CT molecular complexity index is 1110. The molecule has 0 radical (unpaired) electrons. The van der Waals surface area contributed by atoms with Crippen LogP contribution in [0.5, 0.6) is 5.75 Å². The van der Waals surface area contributed by atoms with Crippen LogP contribution in [-0.2, 0) is 4.79 Å². The van der Waals surface area contributed by atoms with E-state index in [1.807, 2.05) is 29.2 Å². The van der Waals surface area contributed by atoms with Gasteiger partial charge in [0.1, 0.15) is 11.4 Å². The van der Waals surface area contributed by atoms with Crippen molar-refractivity contribution in [3.05, 3.63) is 48.5 Å². The first kappa shape index (κ1) is 24.7. The summed E-state index contributed by atoms with van der Waals surface area (Å²) in [5.74, 6) is -0.0139. The average molecular weight is 507 g/mol. The third-order valence-corrected chi connectivity index (χ3v) is 6.70. The number of nitrogens with two attached hydrogens (primary N) is 2. The predicted molar refractivity (Wildman–Crippen MR) is 130 cm³/mol. The van der Waals surface area contributed by atoms with E-state index in [4.69, 9.17) is 11.5 Å².